The number of rotatable bonds is 4. The summed E-state index contributed by atoms with van der Waals surface area (Å²) in [6.45, 7) is 0.206. The topological polar surface area (TPSA) is 44.1 Å². The predicted molar refractivity (Wildman–Crippen MR) is 95.7 cm³/mol. The van der Waals surface area contributed by atoms with Gasteiger partial charge in [0.2, 0.25) is 5.82 Å². The van der Waals surface area contributed by atoms with E-state index in [1.807, 2.05) is 30.3 Å². The quantitative estimate of drug-likeness (QED) is 0.546. The van der Waals surface area contributed by atoms with Gasteiger partial charge < -0.3 is 4.74 Å². The van der Waals surface area contributed by atoms with Crippen molar-refractivity contribution >= 4 is 0 Å². The lowest BCUT2D eigenvalue weighted by molar-refractivity contribution is -0.154. The van der Waals surface area contributed by atoms with Crippen LogP contribution in [0.2, 0.25) is 0 Å². The zero-order valence-electron chi connectivity index (χ0n) is 15.4. The van der Waals surface area contributed by atoms with Crippen LogP contribution in [-0.2, 0) is 26.0 Å². The first-order valence-electron chi connectivity index (χ1n) is 8.51. The lowest BCUT2D eigenvalue weighted by Crippen LogP contribution is -2.32. The smallest absolute Gasteiger partial charge is 0.449 e. The predicted octanol–water partition coefficient (Wildman–Crippen LogP) is 5.06. The van der Waals surface area contributed by atoms with E-state index in [-0.39, 0.29) is 16.7 Å². The maximum atomic E-state index is 13.4. The fourth-order valence-electron chi connectivity index (χ4n) is 2.78. The molecule has 0 spiro atoms. The van der Waals surface area contributed by atoms with Crippen molar-refractivity contribution in [2.24, 2.45) is 7.05 Å². The van der Waals surface area contributed by atoms with E-state index >= 15 is 0 Å². The molecular weight excluding hydrogens is 414 g/mol. The monoisotopic (exact) mass is 428 g/mol. The molecule has 3 aromatic rings. The van der Waals surface area contributed by atoms with Gasteiger partial charge >= 0.3 is 12.4 Å². The van der Waals surface area contributed by atoms with E-state index in [0.717, 1.165) is 12.6 Å². The number of alkyl halides is 6. The van der Waals surface area contributed by atoms with Crippen LogP contribution in [0.15, 0.2) is 59.4 Å². The molecule has 4 nitrogen and oxygen atoms in total. The number of aromatic nitrogens is 2. The largest absolute Gasteiger partial charge is 0.489 e. The normalized spacial score (nSPS) is 12.1. The van der Waals surface area contributed by atoms with Gasteiger partial charge in [0, 0.05) is 7.05 Å². The average Bonchev–Trinajstić information content (AvgIpc) is 2.68. The molecule has 0 atom stereocenters. The van der Waals surface area contributed by atoms with Gasteiger partial charge in [-0.2, -0.15) is 26.3 Å². The van der Waals surface area contributed by atoms with Crippen LogP contribution in [0.3, 0.4) is 0 Å². The molecule has 0 fully saturated rings. The SMILES string of the molecule is Cn1c(C(F)(F)F)nc(C(F)(F)F)c(-c2ccc(OCc3ccccc3)cc2)c1=O. The number of hydrogen-bond donors (Lipinski definition) is 0. The maximum Gasteiger partial charge on any atom is 0.449 e. The van der Waals surface area contributed by atoms with Crippen molar-refractivity contribution in [3.8, 4) is 16.9 Å². The van der Waals surface area contributed by atoms with Gasteiger partial charge in [0.25, 0.3) is 5.56 Å². The molecule has 0 aliphatic carbocycles. The van der Waals surface area contributed by atoms with Gasteiger partial charge in [-0.05, 0) is 23.3 Å². The Hall–Kier alpha value is -3.30. The second-order valence-corrected chi connectivity index (χ2v) is 6.32. The second kappa shape index (κ2) is 7.85. The molecular formula is C20H14F6N2O2. The van der Waals surface area contributed by atoms with Crippen molar-refractivity contribution in [2.45, 2.75) is 19.0 Å². The summed E-state index contributed by atoms with van der Waals surface area (Å²) in [6, 6.07) is 14.1. The molecule has 0 saturated carbocycles. The van der Waals surface area contributed by atoms with Gasteiger partial charge in [-0.3, -0.25) is 9.36 Å². The van der Waals surface area contributed by atoms with E-state index < -0.39 is 35.0 Å². The molecule has 1 heterocycles. The van der Waals surface area contributed by atoms with E-state index in [9.17, 15) is 31.1 Å². The van der Waals surface area contributed by atoms with Crippen LogP contribution in [0.1, 0.15) is 17.1 Å². The summed E-state index contributed by atoms with van der Waals surface area (Å²) in [5, 5.41) is 0. The third-order valence-corrected chi connectivity index (χ3v) is 4.20. The molecule has 158 valence electrons. The molecule has 1 aromatic heterocycles. The van der Waals surface area contributed by atoms with Crippen LogP contribution in [0.5, 0.6) is 5.75 Å². The second-order valence-electron chi connectivity index (χ2n) is 6.32. The van der Waals surface area contributed by atoms with Gasteiger partial charge in [0.05, 0.1) is 5.56 Å². The van der Waals surface area contributed by atoms with Crippen LogP contribution in [0.4, 0.5) is 26.3 Å². The van der Waals surface area contributed by atoms with E-state index in [1.54, 1.807) is 0 Å². The van der Waals surface area contributed by atoms with E-state index in [2.05, 4.69) is 4.98 Å². The first kappa shape index (κ1) is 21.4. The molecule has 0 N–H and O–H groups in total. The van der Waals surface area contributed by atoms with Crippen LogP contribution < -0.4 is 10.3 Å². The molecule has 2 aromatic carbocycles. The van der Waals surface area contributed by atoms with Gasteiger partial charge in [0.1, 0.15) is 12.4 Å². The summed E-state index contributed by atoms with van der Waals surface area (Å²) in [5.41, 5.74) is -3.68. The molecule has 0 aliphatic heterocycles. The Morgan fingerprint density at radius 2 is 1.50 bits per heavy atom. The highest BCUT2D eigenvalue weighted by molar-refractivity contribution is 5.66. The summed E-state index contributed by atoms with van der Waals surface area (Å²) in [5.74, 6) is -1.61. The minimum Gasteiger partial charge on any atom is -0.489 e. The Morgan fingerprint density at radius 1 is 0.900 bits per heavy atom. The van der Waals surface area contributed by atoms with Gasteiger partial charge in [-0.1, -0.05) is 42.5 Å². The average molecular weight is 428 g/mol. The Labute approximate surface area is 166 Å². The first-order valence-corrected chi connectivity index (χ1v) is 8.51. The summed E-state index contributed by atoms with van der Waals surface area (Å²) in [6.07, 6.45) is -10.5. The highest BCUT2D eigenvalue weighted by atomic mass is 19.4. The van der Waals surface area contributed by atoms with Crippen LogP contribution >= 0.6 is 0 Å². The van der Waals surface area contributed by atoms with Crippen molar-refractivity contribution in [1.29, 1.82) is 0 Å². The minimum absolute atomic E-state index is 0.0599. The Balaban J connectivity index is 2.00. The molecule has 3 rings (SSSR count). The van der Waals surface area contributed by atoms with Gasteiger partial charge in [-0.25, -0.2) is 4.98 Å². The maximum absolute atomic E-state index is 13.4. The molecule has 0 aliphatic rings. The fourth-order valence-corrected chi connectivity index (χ4v) is 2.78. The van der Waals surface area contributed by atoms with Crippen molar-refractivity contribution in [1.82, 2.24) is 9.55 Å². The van der Waals surface area contributed by atoms with Crippen LogP contribution in [-0.4, -0.2) is 9.55 Å². The molecule has 0 radical (unpaired) electrons. The standard InChI is InChI=1S/C20H14F6N2O2/c1-28-17(29)15(16(19(21,22)23)27-18(28)20(24,25)26)13-7-9-14(10-8-13)30-11-12-5-3-2-4-6-12/h2-10H,11H2,1H3. The molecule has 0 saturated heterocycles. The van der Waals surface area contributed by atoms with Gasteiger partial charge in [-0.15, -0.1) is 0 Å². The lowest BCUT2D eigenvalue weighted by atomic mass is 10.0. The van der Waals surface area contributed by atoms with Crippen molar-refractivity contribution in [2.75, 3.05) is 0 Å². The van der Waals surface area contributed by atoms with Crippen LogP contribution in [0.25, 0.3) is 11.1 Å². The van der Waals surface area contributed by atoms with Gasteiger partial charge in [0.15, 0.2) is 5.69 Å². The third-order valence-electron chi connectivity index (χ3n) is 4.20. The molecule has 0 bridgehead atoms. The number of halogens is 6. The zero-order chi connectivity index (χ0) is 22.1. The number of benzene rings is 2. The van der Waals surface area contributed by atoms with E-state index in [1.165, 1.54) is 24.3 Å². The third kappa shape index (κ3) is 4.47. The summed E-state index contributed by atoms with van der Waals surface area (Å²) in [7, 11) is 0.721. The summed E-state index contributed by atoms with van der Waals surface area (Å²) in [4.78, 5) is 15.1. The minimum atomic E-state index is -5.26. The Bertz CT molecular complexity index is 1090. The fraction of sp³-hybridized carbons (Fsp3) is 0.200. The first-order chi connectivity index (χ1) is 14.0. The number of ether oxygens (including phenoxy) is 1. The molecule has 30 heavy (non-hydrogen) atoms. The highest BCUT2D eigenvalue weighted by Gasteiger charge is 2.43. The van der Waals surface area contributed by atoms with Crippen LogP contribution in [0, 0.1) is 0 Å². The number of nitrogens with zero attached hydrogens (tertiary/aromatic N) is 2. The van der Waals surface area contributed by atoms with Crippen molar-refractivity contribution in [3.05, 3.63) is 82.0 Å². The summed E-state index contributed by atoms with van der Waals surface area (Å²) < 4.78 is 84.8. The summed E-state index contributed by atoms with van der Waals surface area (Å²) >= 11 is 0. The molecule has 10 heteroatoms. The van der Waals surface area contributed by atoms with E-state index in [4.69, 9.17) is 4.74 Å². The zero-order valence-corrected chi connectivity index (χ0v) is 15.4. The highest BCUT2D eigenvalue weighted by Crippen LogP contribution is 2.37. The molecule has 0 unspecified atom stereocenters. The Kier molecular flexibility index (Phi) is 5.60. The van der Waals surface area contributed by atoms with E-state index in [0.29, 0.717) is 5.75 Å². The number of hydrogen-bond acceptors (Lipinski definition) is 3. The molecule has 0 amide bonds. The van der Waals surface area contributed by atoms with Crippen molar-refractivity contribution < 1.29 is 31.1 Å². The Morgan fingerprint density at radius 3 is 2.03 bits per heavy atom. The lowest BCUT2D eigenvalue weighted by Gasteiger charge is -2.17. The van der Waals surface area contributed by atoms with Crippen molar-refractivity contribution in [3.63, 3.8) is 0 Å².